The fraction of sp³-hybridized carbons (Fsp3) is 0.286. The number of aromatic nitrogens is 3. The molecule has 0 bridgehead atoms. The van der Waals surface area contributed by atoms with E-state index >= 15 is 0 Å². The van der Waals surface area contributed by atoms with Crippen molar-refractivity contribution in [2.45, 2.75) is 13.1 Å². The van der Waals surface area contributed by atoms with Gasteiger partial charge in [0.1, 0.15) is 12.3 Å². The van der Waals surface area contributed by atoms with Crippen LogP contribution < -0.4 is 4.74 Å². The van der Waals surface area contributed by atoms with E-state index in [0.717, 1.165) is 29.0 Å². The molecule has 0 fully saturated rings. The molecular weight excluding hydrogens is 392 g/mol. The number of nitrogens with zero attached hydrogens (tertiary/aromatic N) is 4. The molecule has 0 radical (unpaired) electrons. The fourth-order valence-corrected chi connectivity index (χ4v) is 2.89. The Bertz CT molecular complexity index is 955. The van der Waals surface area contributed by atoms with Crippen LogP contribution in [-0.4, -0.2) is 53.9 Å². The van der Waals surface area contributed by atoms with Crippen LogP contribution >= 0.6 is 12.4 Å². The molecule has 0 N–H and O–H groups in total. The molecule has 3 rings (SSSR count). The van der Waals surface area contributed by atoms with E-state index in [2.05, 4.69) is 22.1 Å². The highest BCUT2D eigenvalue weighted by atomic mass is 35.5. The summed E-state index contributed by atoms with van der Waals surface area (Å²) in [5.41, 5.74) is 2.90. The van der Waals surface area contributed by atoms with Crippen molar-refractivity contribution < 1.29 is 14.3 Å². The first-order chi connectivity index (χ1) is 13.5. The minimum atomic E-state index is -0.378. The molecule has 0 spiro atoms. The number of ether oxygens (including phenoxy) is 2. The highest BCUT2D eigenvalue weighted by Crippen LogP contribution is 2.25. The summed E-state index contributed by atoms with van der Waals surface area (Å²) in [6.07, 6.45) is 0. The zero-order chi connectivity index (χ0) is 20.1. The summed E-state index contributed by atoms with van der Waals surface area (Å²) >= 11 is 0. The van der Waals surface area contributed by atoms with Crippen LogP contribution in [-0.2, 0) is 22.6 Å². The Labute approximate surface area is 176 Å². The van der Waals surface area contributed by atoms with E-state index < -0.39 is 0 Å². The Kier molecular flexibility index (Phi) is 7.75. The van der Waals surface area contributed by atoms with Gasteiger partial charge in [-0.2, -0.15) is 0 Å². The third-order valence-corrected chi connectivity index (χ3v) is 4.21. The predicted molar refractivity (Wildman–Crippen MR) is 114 cm³/mol. The van der Waals surface area contributed by atoms with Gasteiger partial charge >= 0.3 is 5.97 Å². The van der Waals surface area contributed by atoms with Gasteiger partial charge in [-0.3, -0.25) is 4.79 Å². The molecule has 2 aromatic carbocycles. The molecule has 0 saturated heterocycles. The summed E-state index contributed by atoms with van der Waals surface area (Å²) in [5.74, 6) is 1.54. The van der Waals surface area contributed by atoms with Gasteiger partial charge in [0.15, 0.2) is 11.6 Å². The number of hydrogen-bond acceptors (Lipinski definition) is 6. The first-order valence-corrected chi connectivity index (χ1v) is 8.90. The highest BCUT2D eigenvalue weighted by Gasteiger charge is 2.16. The van der Waals surface area contributed by atoms with E-state index in [9.17, 15) is 4.79 Å². The van der Waals surface area contributed by atoms with Gasteiger partial charge in [0.05, 0.1) is 14.2 Å². The second kappa shape index (κ2) is 10.0. The van der Waals surface area contributed by atoms with Crippen LogP contribution in [0.2, 0.25) is 0 Å². The van der Waals surface area contributed by atoms with Gasteiger partial charge in [0, 0.05) is 17.7 Å². The number of halogens is 1. The van der Waals surface area contributed by atoms with E-state index in [1.807, 2.05) is 50.5 Å². The van der Waals surface area contributed by atoms with Crippen LogP contribution in [0.5, 0.6) is 5.75 Å². The molecule has 0 aliphatic carbocycles. The lowest BCUT2D eigenvalue weighted by Gasteiger charge is -2.11. The van der Waals surface area contributed by atoms with Crippen LogP contribution in [0.15, 0.2) is 48.5 Å². The largest absolute Gasteiger partial charge is 0.497 e. The summed E-state index contributed by atoms with van der Waals surface area (Å²) in [7, 11) is 7.03. The molecule has 1 heterocycles. The zero-order valence-corrected chi connectivity index (χ0v) is 17.8. The number of benzene rings is 2. The summed E-state index contributed by atoms with van der Waals surface area (Å²) in [6.45, 7) is 0.803. The van der Waals surface area contributed by atoms with E-state index in [-0.39, 0.29) is 24.9 Å². The molecule has 0 amide bonds. The van der Waals surface area contributed by atoms with Gasteiger partial charge in [0.25, 0.3) is 0 Å². The molecule has 0 atom stereocenters. The quantitative estimate of drug-likeness (QED) is 0.550. The summed E-state index contributed by atoms with van der Waals surface area (Å²) in [6, 6.07) is 15.6. The Morgan fingerprint density at radius 2 is 1.79 bits per heavy atom. The van der Waals surface area contributed by atoms with Gasteiger partial charge in [-0.05, 0) is 50.0 Å². The van der Waals surface area contributed by atoms with Crippen molar-refractivity contribution in [3.63, 3.8) is 0 Å². The smallest absolute Gasteiger partial charge is 0.327 e. The summed E-state index contributed by atoms with van der Waals surface area (Å²) in [5, 5.41) is 4.54. The van der Waals surface area contributed by atoms with Gasteiger partial charge < -0.3 is 14.4 Å². The van der Waals surface area contributed by atoms with E-state index in [0.29, 0.717) is 11.6 Å². The number of carbonyl (C=O) groups excluding carboxylic acids is 1. The van der Waals surface area contributed by atoms with Crippen LogP contribution in [0.25, 0.3) is 22.8 Å². The zero-order valence-electron chi connectivity index (χ0n) is 17.0. The molecule has 1 aromatic heterocycles. The molecule has 0 aliphatic rings. The molecule has 0 saturated carbocycles. The lowest BCUT2D eigenvalue weighted by atomic mass is 10.1. The molecule has 0 unspecified atom stereocenters. The van der Waals surface area contributed by atoms with Crippen molar-refractivity contribution in [1.29, 1.82) is 0 Å². The van der Waals surface area contributed by atoms with Crippen LogP contribution in [0.1, 0.15) is 5.56 Å². The molecule has 29 heavy (non-hydrogen) atoms. The fourth-order valence-electron chi connectivity index (χ4n) is 2.89. The van der Waals surface area contributed by atoms with E-state index in [1.165, 1.54) is 7.11 Å². The lowest BCUT2D eigenvalue weighted by Crippen LogP contribution is -2.14. The lowest BCUT2D eigenvalue weighted by molar-refractivity contribution is -0.141. The van der Waals surface area contributed by atoms with Crippen LogP contribution in [0, 0.1) is 0 Å². The maximum absolute atomic E-state index is 11.9. The maximum atomic E-state index is 11.9. The second-order valence-electron chi connectivity index (χ2n) is 6.66. The standard InChI is InChI=1S/C21H24N4O3.ClH/c1-24(2)13-15-6-5-7-17(12-15)21-22-20(23-25(21)14-19(26)28-4)16-8-10-18(27-3)11-9-16;/h5-12H,13-14H2,1-4H3;1H. The molecule has 3 aromatic rings. The number of methoxy groups -OCH3 is 2. The SMILES string of the molecule is COC(=O)Cn1nc(-c2ccc(OC)cc2)nc1-c1cccc(CN(C)C)c1.Cl. The van der Waals surface area contributed by atoms with Crippen molar-refractivity contribution in [2.24, 2.45) is 0 Å². The Hall–Kier alpha value is -2.90. The second-order valence-corrected chi connectivity index (χ2v) is 6.66. The number of esters is 1. The summed E-state index contributed by atoms with van der Waals surface area (Å²) in [4.78, 5) is 18.7. The van der Waals surface area contributed by atoms with Crippen molar-refractivity contribution in [1.82, 2.24) is 19.7 Å². The van der Waals surface area contributed by atoms with E-state index in [4.69, 9.17) is 14.5 Å². The third-order valence-electron chi connectivity index (χ3n) is 4.21. The Balaban J connectivity index is 0.00000300. The van der Waals surface area contributed by atoms with Crippen molar-refractivity contribution in [2.75, 3.05) is 28.3 Å². The first kappa shape index (κ1) is 22.4. The van der Waals surface area contributed by atoms with Gasteiger partial charge in [-0.15, -0.1) is 17.5 Å². The van der Waals surface area contributed by atoms with Crippen molar-refractivity contribution >= 4 is 18.4 Å². The molecule has 8 heteroatoms. The minimum Gasteiger partial charge on any atom is -0.497 e. The Morgan fingerprint density at radius 3 is 2.41 bits per heavy atom. The van der Waals surface area contributed by atoms with Gasteiger partial charge in [-0.25, -0.2) is 9.67 Å². The van der Waals surface area contributed by atoms with E-state index in [1.54, 1.807) is 11.8 Å². The summed E-state index contributed by atoms with van der Waals surface area (Å²) < 4.78 is 11.6. The molecule has 0 aliphatic heterocycles. The van der Waals surface area contributed by atoms with Crippen LogP contribution in [0.3, 0.4) is 0 Å². The number of hydrogen-bond donors (Lipinski definition) is 0. The normalized spacial score (nSPS) is 10.5. The number of rotatable bonds is 7. The number of carbonyl (C=O) groups is 1. The van der Waals surface area contributed by atoms with Crippen molar-refractivity contribution in [3.05, 3.63) is 54.1 Å². The average Bonchev–Trinajstić information content (AvgIpc) is 3.11. The highest BCUT2D eigenvalue weighted by molar-refractivity contribution is 5.85. The van der Waals surface area contributed by atoms with Crippen molar-refractivity contribution in [3.8, 4) is 28.5 Å². The van der Waals surface area contributed by atoms with Gasteiger partial charge in [-0.1, -0.05) is 18.2 Å². The monoisotopic (exact) mass is 416 g/mol. The topological polar surface area (TPSA) is 69.5 Å². The first-order valence-electron chi connectivity index (χ1n) is 8.90. The molecular formula is C21H25ClN4O3. The third kappa shape index (κ3) is 5.56. The average molecular weight is 417 g/mol. The molecule has 154 valence electrons. The van der Waals surface area contributed by atoms with Crippen LogP contribution in [0.4, 0.5) is 0 Å². The maximum Gasteiger partial charge on any atom is 0.327 e. The predicted octanol–water partition coefficient (Wildman–Crippen LogP) is 3.28. The Morgan fingerprint density at radius 1 is 1.07 bits per heavy atom. The van der Waals surface area contributed by atoms with Gasteiger partial charge in [0.2, 0.25) is 0 Å². The molecule has 7 nitrogen and oxygen atoms in total. The minimum absolute atomic E-state index is 0.